The first-order chi connectivity index (χ1) is 11.2. The number of nitrogens with one attached hydrogen (secondary N) is 1. The second kappa shape index (κ2) is 6.87. The second-order valence-electron chi connectivity index (χ2n) is 5.42. The molecule has 1 aliphatic rings. The zero-order valence-corrected chi connectivity index (χ0v) is 13.3. The van der Waals surface area contributed by atoms with Crippen LogP contribution in [-0.2, 0) is 6.42 Å². The number of benzene rings is 2. The SMILES string of the molecule is COc1cc2c(cc1OC)C(Oc1cccc(F)c1)CNCC2. The van der Waals surface area contributed by atoms with Crippen LogP contribution in [0.25, 0.3) is 0 Å². The fourth-order valence-electron chi connectivity index (χ4n) is 2.83. The Morgan fingerprint density at radius 1 is 1.09 bits per heavy atom. The number of fused-ring (bicyclic) bond motifs is 1. The van der Waals surface area contributed by atoms with E-state index in [1.54, 1.807) is 26.4 Å². The van der Waals surface area contributed by atoms with Crippen LogP contribution in [0.15, 0.2) is 36.4 Å². The van der Waals surface area contributed by atoms with Gasteiger partial charge in [-0.2, -0.15) is 0 Å². The highest BCUT2D eigenvalue weighted by Gasteiger charge is 2.23. The van der Waals surface area contributed by atoms with Crippen molar-refractivity contribution in [2.75, 3.05) is 27.3 Å². The Bertz CT molecular complexity index is 690. The molecular formula is C18H20FNO3. The van der Waals surface area contributed by atoms with Crippen molar-refractivity contribution in [3.8, 4) is 17.2 Å². The number of ether oxygens (including phenoxy) is 3. The van der Waals surface area contributed by atoms with E-state index in [1.165, 1.54) is 12.1 Å². The summed E-state index contributed by atoms with van der Waals surface area (Å²) < 4.78 is 30.2. The van der Waals surface area contributed by atoms with E-state index in [0.29, 0.717) is 23.8 Å². The van der Waals surface area contributed by atoms with E-state index < -0.39 is 0 Å². The minimum Gasteiger partial charge on any atom is -0.493 e. The molecule has 1 aliphatic heterocycles. The topological polar surface area (TPSA) is 39.7 Å². The lowest BCUT2D eigenvalue weighted by Gasteiger charge is -2.21. The van der Waals surface area contributed by atoms with Crippen molar-refractivity contribution in [3.63, 3.8) is 0 Å². The highest BCUT2D eigenvalue weighted by atomic mass is 19.1. The molecule has 0 bridgehead atoms. The quantitative estimate of drug-likeness (QED) is 0.940. The van der Waals surface area contributed by atoms with Crippen molar-refractivity contribution in [1.82, 2.24) is 5.32 Å². The molecule has 4 nitrogen and oxygen atoms in total. The number of hydrogen-bond donors (Lipinski definition) is 1. The van der Waals surface area contributed by atoms with Gasteiger partial charge in [0.15, 0.2) is 11.5 Å². The Balaban J connectivity index is 1.96. The fourth-order valence-corrected chi connectivity index (χ4v) is 2.83. The van der Waals surface area contributed by atoms with Gasteiger partial charge in [0.2, 0.25) is 0 Å². The molecule has 0 fully saturated rings. The van der Waals surface area contributed by atoms with Gasteiger partial charge in [-0.15, -0.1) is 0 Å². The van der Waals surface area contributed by atoms with Gasteiger partial charge in [-0.3, -0.25) is 0 Å². The Morgan fingerprint density at radius 3 is 2.61 bits per heavy atom. The molecule has 0 spiro atoms. The van der Waals surface area contributed by atoms with Gasteiger partial charge in [0.25, 0.3) is 0 Å². The Morgan fingerprint density at radius 2 is 1.87 bits per heavy atom. The van der Waals surface area contributed by atoms with Crippen LogP contribution in [-0.4, -0.2) is 27.3 Å². The molecule has 1 atom stereocenters. The lowest BCUT2D eigenvalue weighted by atomic mass is 10.00. The molecule has 0 radical (unpaired) electrons. The van der Waals surface area contributed by atoms with Gasteiger partial charge in [-0.1, -0.05) is 6.07 Å². The van der Waals surface area contributed by atoms with E-state index in [0.717, 1.165) is 24.1 Å². The molecule has 0 saturated heterocycles. The maximum absolute atomic E-state index is 13.4. The molecule has 1 unspecified atom stereocenters. The maximum Gasteiger partial charge on any atom is 0.161 e. The molecule has 2 aromatic carbocycles. The molecule has 1 heterocycles. The standard InChI is InChI=1S/C18H20FNO3/c1-21-16-8-12-6-7-20-11-18(15(12)10-17(16)22-2)23-14-5-3-4-13(19)9-14/h3-5,8-10,18,20H,6-7,11H2,1-2H3. The van der Waals surface area contributed by atoms with Crippen LogP contribution < -0.4 is 19.5 Å². The van der Waals surface area contributed by atoms with Crippen molar-refractivity contribution in [2.45, 2.75) is 12.5 Å². The molecular weight excluding hydrogens is 297 g/mol. The molecule has 0 amide bonds. The number of hydrogen-bond acceptors (Lipinski definition) is 4. The first kappa shape index (κ1) is 15.6. The minimum atomic E-state index is -0.309. The number of methoxy groups -OCH3 is 2. The van der Waals surface area contributed by atoms with E-state index in [4.69, 9.17) is 14.2 Å². The third-order valence-corrected chi connectivity index (χ3v) is 3.97. The van der Waals surface area contributed by atoms with Crippen LogP contribution in [0.5, 0.6) is 17.2 Å². The van der Waals surface area contributed by atoms with Crippen LogP contribution in [0.4, 0.5) is 4.39 Å². The Labute approximate surface area is 135 Å². The summed E-state index contributed by atoms with van der Waals surface area (Å²) in [4.78, 5) is 0. The zero-order valence-electron chi connectivity index (χ0n) is 13.3. The van der Waals surface area contributed by atoms with Gasteiger partial charge in [-0.25, -0.2) is 4.39 Å². The fraction of sp³-hybridized carbons (Fsp3) is 0.333. The summed E-state index contributed by atoms with van der Waals surface area (Å²) in [6.07, 6.45) is 0.660. The predicted molar refractivity (Wildman–Crippen MR) is 85.9 cm³/mol. The van der Waals surface area contributed by atoms with E-state index in [2.05, 4.69) is 5.32 Å². The summed E-state index contributed by atoms with van der Waals surface area (Å²) >= 11 is 0. The third kappa shape index (κ3) is 3.40. The maximum atomic E-state index is 13.4. The zero-order chi connectivity index (χ0) is 16.2. The van der Waals surface area contributed by atoms with Crippen LogP contribution in [0.3, 0.4) is 0 Å². The van der Waals surface area contributed by atoms with Crippen LogP contribution in [0.2, 0.25) is 0 Å². The van der Waals surface area contributed by atoms with Crippen LogP contribution in [0, 0.1) is 5.82 Å². The normalized spacial score (nSPS) is 17.1. The summed E-state index contributed by atoms with van der Waals surface area (Å²) in [5, 5.41) is 3.35. The van der Waals surface area contributed by atoms with Crippen molar-refractivity contribution in [2.24, 2.45) is 0 Å². The lowest BCUT2D eigenvalue weighted by molar-refractivity contribution is 0.203. The van der Waals surface area contributed by atoms with Gasteiger partial charge in [-0.05, 0) is 42.8 Å². The molecule has 0 aromatic heterocycles. The molecule has 2 aromatic rings. The highest BCUT2D eigenvalue weighted by Crippen LogP contribution is 2.35. The average Bonchev–Trinajstić information content (AvgIpc) is 2.75. The second-order valence-corrected chi connectivity index (χ2v) is 5.42. The van der Waals surface area contributed by atoms with Crippen LogP contribution >= 0.6 is 0 Å². The van der Waals surface area contributed by atoms with Crippen molar-refractivity contribution < 1.29 is 18.6 Å². The van der Waals surface area contributed by atoms with Gasteiger partial charge in [0.05, 0.1) is 14.2 Å². The largest absolute Gasteiger partial charge is 0.493 e. The highest BCUT2D eigenvalue weighted by molar-refractivity contribution is 5.49. The van der Waals surface area contributed by atoms with E-state index >= 15 is 0 Å². The first-order valence-electron chi connectivity index (χ1n) is 7.59. The summed E-state index contributed by atoms with van der Waals surface area (Å²) in [5.41, 5.74) is 2.19. The predicted octanol–water partition coefficient (Wildman–Crippen LogP) is 3.11. The van der Waals surface area contributed by atoms with Gasteiger partial charge >= 0.3 is 0 Å². The Hall–Kier alpha value is -2.27. The summed E-state index contributed by atoms with van der Waals surface area (Å²) in [5.74, 6) is 1.58. The molecule has 0 saturated carbocycles. The minimum absolute atomic E-state index is 0.214. The van der Waals surface area contributed by atoms with Gasteiger partial charge < -0.3 is 19.5 Å². The van der Waals surface area contributed by atoms with Crippen molar-refractivity contribution >= 4 is 0 Å². The first-order valence-corrected chi connectivity index (χ1v) is 7.59. The summed E-state index contributed by atoms with van der Waals surface area (Å²) in [6, 6.07) is 10.1. The van der Waals surface area contributed by atoms with E-state index in [-0.39, 0.29) is 11.9 Å². The average molecular weight is 317 g/mol. The third-order valence-electron chi connectivity index (χ3n) is 3.97. The summed E-state index contributed by atoms with van der Waals surface area (Å²) in [7, 11) is 3.24. The van der Waals surface area contributed by atoms with Crippen molar-refractivity contribution in [3.05, 3.63) is 53.3 Å². The molecule has 1 N–H and O–H groups in total. The lowest BCUT2D eigenvalue weighted by Crippen LogP contribution is -2.23. The number of halogens is 1. The van der Waals surface area contributed by atoms with Gasteiger partial charge in [0.1, 0.15) is 17.7 Å². The molecule has 0 aliphatic carbocycles. The van der Waals surface area contributed by atoms with Crippen LogP contribution in [0.1, 0.15) is 17.2 Å². The van der Waals surface area contributed by atoms with Gasteiger partial charge in [0, 0.05) is 18.2 Å². The van der Waals surface area contributed by atoms with E-state index in [9.17, 15) is 4.39 Å². The van der Waals surface area contributed by atoms with E-state index in [1.807, 2.05) is 12.1 Å². The smallest absolute Gasteiger partial charge is 0.161 e. The summed E-state index contributed by atoms with van der Waals surface area (Å²) in [6.45, 7) is 1.50. The molecule has 23 heavy (non-hydrogen) atoms. The monoisotopic (exact) mass is 317 g/mol. The molecule has 122 valence electrons. The number of rotatable bonds is 4. The Kier molecular flexibility index (Phi) is 4.67. The molecule has 3 rings (SSSR count). The van der Waals surface area contributed by atoms with Crippen molar-refractivity contribution in [1.29, 1.82) is 0 Å². The molecule has 5 heteroatoms.